The van der Waals surface area contributed by atoms with E-state index < -0.39 is 0 Å². The minimum Gasteiger partial charge on any atom is -0.375 e. The molecule has 2 rings (SSSR count). The van der Waals surface area contributed by atoms with Gasteiger partial charge in [0.2, 0.25) is 0 Å². The van der Waals surface area contributed by atoms with Crippen LogP contribution >= 0.6 is 0 Å². The van der Waals surface area contributed by atoms with Crippen LogP contribution in [0.4, 0.5) is 0 Å². The third kappa shape index (κ3) is 2.73. The van der Waals surface area contributed by atoms with Crippen LogP contribution in [0, 0.1) is 5.92 Å². The Morgan fingerprint density at radius 2 is 2.20 bits per heavy atom. The van der Waals surface area contributed by atoms with Gasteiger partial charge in [-0.1, -0.05) is 26.7 Å². The molecule has 0 amide bonds. The van der Waals surface area contributed by atoms with Crippen molar-refractivity contribution >= 4 is 0 Å². The van der Waals surface area contributed by atoms with Gasteiger partial charge in [0.05, 0.1) is 5.60 Å². The molecule has 3 atom stereocenters. The summed E-state index contributed by atoms with van der Waals surface area (Å²) in [7, 11) is 0. The van der Waals surface area contributed by atoms with E-state index in [1.165, 1.54) is 38.5 Å². The second-order valence-corrected chi connectivity index (χ2v) is 5.48. The van der Waals surface area contributed by atoms with E-state index in [2.05, 4.69) is 19.2 Å². The van der Waals surface area contributed by atoms with Crippen LogP contribution in [-0.4, -0.2) is 24.8 Å². The highest BCUT2D eigenvalue weighted by Crippen LogP contribution is 2.40. The van der Waals surface area contributed by atoms with Crippen molar-refractivity contribution < 1.29 is 4.74 Å². The van der Waals surface area contributed by atoms with Crippen LogP contribution in [0.2, 0.25) is 0 Å². The van der Waals surface area contributed by atoms with Crippen LogP contribution in [0.25, 0.3) is 0 Å². The minimum atomic E-state index is 0.239. The Labute approximate surface area is 93.8 Å². The van der Waals surface area contributed by atoms with Crippen molar-refractivity contribution in [1.29, 1.82) is 0 Å². The van der Waals surface area contributed by atoms with Crippen LogP contribution in [0.1, 0.15) is 52.4 Å². The fourth-order valence-corrected chi connectivity index (χ4v) is 3.42. The summed E-state index contributed by atoms with van der Waals surface area (Å²) in [6.45, 7) is 6.63. The lowest BCUT2D eigenvalue weighted by molar-refractivity contribution is -0.118. The van der Waals surface area contributed by atoms with Crippen molar-refractivity contribution in [3.8, 4) is 0 Å². The van der Waals surface area contributed by atoms with Gasteiger partial charge in [-0.3, -0.25) is 0 Å². The number of rotatable bonds is 2. The molecule has 15 heavy (non-hydrogen) atoms. The lowest BCUT2D eigenvalue weighted by Crippen LogP contribution is -2.49. The largest absolute Gasteiger partial charge is 0.375 e. The summed E-state index contributed by atoms with van der Waals surface area (Å²) in [6.07, 6.45) is 7.78. The lowest BCUT2D eigenvalue weighted by atomic mass is 9.74. The van der Waals surface area contributed by atoms with Gasteiger partial charge in [0.1, 0.15) is 0 Å². The molecule has 1 heterocycles. The van der Waals surface area contributed by atoms with E-state index in [-0.39, 0.29) is 5.60 Å². The normalized spacial score (nSPS) is 42.0. The van der Waals surface area contributed by atoms with Crippen LogP contribution in [0.5, 0.6) is 0 Å². The summed E-state index contributed by atoms with van der Waals surface area (Å²) in [5.41, 5.74) is 0.239. The first-order valence-corrected chi connectivity index (χ1v) is 6.61. The molecule has 1 saturated carbocycles. The summed E-state index contributed by atoms with van der Waals surface area (Å²) in [5.74, 6) is 0.860. The summed E-state index contributed by atoms with van der Waals surface area (Å²) < 4.78 is 6.11. The molecule has 1 N–H and O–H groups in total. The van der Waals surface area contributed by atoms with Gasteiger partial charge in [-0.15, -0.1) is 0 Å². The fraction of sp³-hybridized carbons (Fsp3) is 1.00. The number of hydrogen-bond donors (Lipinski definition) is 1. The van der Waals surface area contributed by atoms with Gasteiger partial charge in [0.25, 0.3) is 0 Å². The zero-order valence-electron chi connectivity index (χ0n) is 10.2. The molecule has 88 valence electrons. The van der Waals surface area contributed by atoms with Crippen molar-refractivity contribution in [3.63, 3.8) is 0 Å². The van der Waals surface area contributed by atoms with Crippen molar-refractivity contribution in [2.24, 2.45) is 5.92 Å². The van der Waals surface area contributed by atoms with Gasteiger partial charge >= 0.3 is 0 Å². The molecule has 0 radical (unpaired) electrons. The molecule has 1 spiro atoms. The summed E-state index contributed by atoms with van der Waals surface area (Å²) in [5, 5.41) is 3.59. The Morgan fingerprint density at radius 3 is 2.93 bits per heavy atom. The predicted octanol–water partition coefficient (Wildman–Crippen LogP) is 2.72. The first-order chi connectivity index (χ1) is 7.24. The highest BCUT2D eigenvalue weighted by molar-refractivity contribution is 4.93. The second-order valence-electron chi connectivity index (χ2n) is 5.48. The van der Waals surface area contributed by atoms with E-state index >= 15 is 0 Å². The Morgan fingerprint density at radius 1 is 1.33 bits per heavy atom. The number of hydrogen-bond acceptors (Lipinski definition) is 2. The van der Waals surface area contributed by atoms with E-state index in [9.17, 15) is 0 Å². The summed E-state index contributed by atoms with van der Waals surface area (Å²) in [6, 6.07) is 0.703. The maximum Gasteiger partial charge on any atom is 0.0699 e. The fourth-order valence-electron chi connectivity index (χ4n) is 3.42. The van der Waals surface area contributed by atoms with E-state index in [0.29, 0.717) is 6.04 Å². The zero-order valence-corrected chi connectivity index (χ0v) is 10.2. The molecular formula is C13H25NO. The van der Waals surface area contributed by atoms with E-state index in [0.717, 1.165) is 19.1 Å². The first-order valence-electron chi connectivity index (χ1n) is 6.61. The standard InChI is InChI=1S/C13H25NO/c1-3-14-12-6-8-15-13(10-12)7-4-5-11(2)9-13/h11-12,14H,3-10H2,1-2H3. The van der Waals surface area contributed by atoms with E-state index in [1.807, 2.05) is 0 Å². The Balaban J connectivity index is 1.94. The van der Waals surface area contributed by atoms with Crippen LogP contribution in [-0.2, 0) is 4.74 Å². The topological polar surface area (TPSA) is 21.3 Å². The van der Waals surface area contributed by atoms with Gasteiger partial charge in [-0.2, -0.15) is 0 Å². The van der Waals surface area contributed by atoms with Crippen molar-refractivity contribution in [1.82, 2.24) is 5.32 Å². The summed E-state index contributed by atoms with van der Waals surface area (Å²) >= 11 is 0. The third-order valence-electron chi connectivity index (χ3n) is 4.04. The maximum atomic E-state index is 6.11. The maximum absolute atomic E-state index is 6.11. The summed E-state index contributed by atoms with van der Waals surface area (Å²) in [4.78, 5) is 0. The molecule has 0 bridgehead atoms. The van der Waals surface area contributed by atoms with Crippen molar-refractivity contribution in [2.75, 3.05) is 13.2 Å². The molecule has 2 aliphatic rings. The molecular weight excluding hydrogens is 186 g/mol. The molecule has 2 fully saturated rings. The first kappa shape index (κ1) is 11.4. The lowest BCUT2D eigenvalue weighted by Gasteiger charge is -2.45. The molecule has 2 nitrogen and oxygen atoms in total. The van der Waals surface area contributed by atoms with Gasteiger partial charge in [0, 0.05) is 12.6 Å². The van der Waals surface area contributed by atoms with E-state index in [1.54, 1.807) is 0 Å². The third-order valence-corrected chi connectivity index (χ3v) is 4.04. The predicted molar refractivity (Wildman–Crippen MR) is 63.0 cm³/mol. The van der Waals surface area contributed by atoms with Gasteiger partial charge in [0.15, 0.2) is 0 Å². The second kappa shape index (κ2) is 4.84. The quantitative estimate of drug-likeness (QED) is 0.758. The average molecular weight is 211 g/mol. The number of ether oxygens (including phenoxy) is 1. The molecule has 0 aromatic rings. The van der Waals surface area contributed by atoms with Gasteiger partial charge in [-0.05, 0) is 38.1 Å². The van der Waals surface area contributed by atoms with Gasteiger partial charge in [-0.25, -0.2) is 0 Å². The smallest absolute Gasteiger partial charge is 0.0699 e. The molecule has 2 heteroatoms. The van der Waals surface area contributed by atoms with Crippen molar-refractivity contribution in [2.45, 2.75) is 64.0 Å². The van der Waals surface area contributed by atoms with E-state index in [4.69, 9.17) is 4.74 Å². The Kier molecular flexibility index (Phi) is 3.68. The van der Waals surface area contributed by atoms with Crippen LogP contribution in [0.3, 0.4) is 0 Å². The molecule has 0 aromatic carbocycles. The highest BCUT2D eigenvalue weighted by atomic mass is 16.5. The molecule has 1 saturated heterocycles. The molecule has 1 aliphatic carbocycles. The Hall–Kier alpha value is -0.0800. The monoisotopic (exact) mass is 211 g/mol. The SMILES string of the molecule is CCNC1CCOC2(CCCC(C)C2)C1. The van der Waals surface area contributed by atoms with Crippen molar-refractivity contribution in [3.05, 3.63) is 0 Å². The molecule has 3 unspecified atom stereocenters. The van der Waals surface area contributed by atoms with Crippen LogP contribution in [0.15, 0.2) is 0 Å². The minimum absolute atomic E-state index is 0.239. The highest BCUT2D eigenvalue weighted by Gasteiger charge is 2.40. The zero-order chi connectivity index (χ0) is 10.7. The van der Waals surface area contributed by atoms with Crippen LogP contribution < -0.4 is 5.32 Å². The van der Waals surface area contributed by atoms with Gasteiger partial charge < -0.3 is 10.1 Å². The number of nitrogens with one attached hydrogen (secondary N) is 1. The molecule has 0 aromatic heterocycles. The molecule has 1 aliphatic heterocycles. The Bertz CT molecular complexity index is 201. The average Bonchev–Trinajstić information content (AvgIpc) is 2.17.